The fourth-order valence-corrected chi connectivity index (χ4v) is 4.52. The van der Waals surface area contributed by atoms with E-state index in [1.807, 2.05) is 12.4 Å². The summed E-state index contributed by atoms with van der Waals surface area (Å²) >= 11 is 0. The Balaban J connectivity index is 1.38. The van der Waals surface area contributed by atoms with Crippen molar-refractivity contribution in [2.24, 2.45) is 0 Å². The van der Waals surface area contributed by atoms with E-state index < -0.39 is 0 Å². The van der Waals surface area contributed by atoms with Crippen LogP contribution in [-0.2, 0) is 17.7 Å². The van der Waals surface area contributed by atoms with Gasteiger partial charge in [-0.15, -0.1) is 0 Å². The van der Waals surface area contributed by atoms with Gasteiger partial charge in [0.25, 0.3) is 0 Å². The number of hydrogen-bond donors (Lipinski definition) is 0. The van der Waals surface area contributed by atoms with Crippen LogP contribution in [0.1, 0.15) is 36.5 Å². The molecule has 2 aliphatic rings. The fraction of sp³-hybridized carbons (Fsp3) is 0.556. The first-order valence-corrected chi connectivity index (χ1v) is 12.6. The standard InChI is InChI=1S/C27H39N5O2/c1-4-22-19-28-27(29-20-22)32-11-9-25(10-12-32)34-26-8-7-23(18-24(26)6-5-17-33-3)21-31-15-13-30(2)14-16-31/h5-8,18-20,25H,4,9-17,21H2,1-3H3/b6-5+. The van der Waals surface area contributed by atoms with Gasteiger partial charge in [0.1, 0.15) is 11.9 Å². The lowest BCUT2D eigenvalue weighted by Gasteiger charge is -2.33. The van der Waals surface area contributed by atoms with Gasteiger partial charge in [0.05, 0.1) is 6.61 Å². The van der Waals surface area contributed by atoms with E-state index in [1.54, 1.807) is 7.11 Å². The first-order chi connectivity index (χ1) is 16.6. The first kappa shape index (κ1) is 24.6. The van der Waals surface area contributed by atoms with Crippen LogP contribution in [0.25, 0.3) is 6.08 Å². The van der Waals surface area contributed by atoms with E-state index in [4.69, 9.17) is 9.47 Å². The molecule has 0 unspecified atom stereocenters. The van der Waals surface area contributed by atoms with Crippen molar-refractivity contribution in [3.63, 3.8) is 0 Å². The summed E-state index contributed by atoms with van der Waals surface area (Å²) in [7, 11) is 3.92. The summed E-state index contributed by atoms with van der Waals surface area (Å²) in [5, 5.41) is 0. The molecule has 1 aromatic heterocycles. The molecule has 0 amide bonds. The second-order valence-corrected chi connectivity index (χ2v) is 9.36. The molecule has 0 radical (unpaired) electrons. The van der Waals surface area contributed by atoms with Crippen molar-refractivity contribution in [2.75, 3.05) is 64.9 Å². The van der Waals surface area contributed by atoms with Gasteiger partial charge in [-0.25, -0.2) is 9.97 Å². The number of aromatic nitrogens is 2. The van der Waals surface area contributed by atoms with E-state index in [0.29, 0.717) is 6.61 Å². The Bertz CT molecular complexity index is 917. The van der Waals surface area contributed by atoms with Crippen molar-refractivity contribution in [2.45, 2.75) is 38.8 Å². The zero-order chi connectivity index (χ0) is 23.8. The van der Waals surface area contributed by atoms with Crippen molar-refractivity contribution in [1.82, 2.24) is 19.8 Å². The van der Waals surface area contributed by atoms with Gasteiger partial charge >= 0.3 is 0 Å². The number of anilines is 1. The maximum atomic E-state index is 6.52. The lowest BCUT2D eigenvalue weighted by atomic mass is 10.1. The molecule has 0 spiro atoms. The molecule has 184 valence electrons. The number of methoxy groups -OCH3 is 1. The number of piperazine rings is 1. The summed E-state index contributed by atoms with van der Waals surface area (Å²) in [4.78, 5) is 16.3. The molecule has 2 aliphatic heterocycles. The van der Waals surface area contributed by atoms with Gasteiger partial charge in [0.15, 0.2) is 0 Å². The van der Waals surface area contributed by atoms with Crippen LogP contribution in [0.2, 0.25) is 0 Å². The lowest BCUT2D eigenvalue weighted by molar-refractivity contribution is 0.148. The van der Waals surface area contributed by atoms with Crippen LogP contribution in [0.4, 0.5) is 5.95 Å². The zero-order valence-corrected chi connectivity index (χ0v) is 20.9. The highest BCUT2D eigenvalue weighted by Gasteiger charge is 2.23. The topological polar surface area (TPSA) is 54.0 Å². The number of rotatable bonds is 9. The smallest absolute Gasteiger partial charge is 0.225 e. The maximum Gasteiger partial charge on any atom is 0.225 e. The van der Waals surface area contributed by atoms with Gasteiger partial charge < -0.3 is 19.3 Å². The van der Waals surface area contributed by atoms with E-state index in [1.165, 1.54) is 11.1 Å². The largest absolute Gasteiger partial charge is 0.490 e. The molecular formula is C27H39N5O2. The third-order valence-electron chi connectivity index (χ3n) is 6.75. The van der Waals surface area contributed by atoms with Gasteiger partial charge in [-0.1, -0.05) is 25.1 Å². The Morgan fingerprint density at radius 2 is 1.74 bits per heavy atom. The summed E-state index contributed by atoms with van der Waals surface area (Å²) in [5.41, 5.74) is 3.63. The van der Waals surface area contributed by atoms with Crippen molar-refractivity contribution < 1.29 is 9.47 Å². The quantitative estimate of drug-likeness (QED) is 0.562. The van der Waals surface area contributed by atoms with E-state index in [-0.39, 0.29) is 6.10 Å². The van der Waals surface area contributed by atoms with Crippen molar-refractivity contribution >= 4 is 12.0 Å². The monoisotopic (exact) mass is 465 g/mol. The molecule has 2 fully saturated rings. The van der Waals surface area contributed by atoms with Crippen LogP contribution < -0.4 is 9.64 Å². The average molecular weight is 466 g/mol. The van der Waals surface area contributed by atoms with Crippen LogP contribution in [-0.4, -0.2) is 85.9 Å². The molecule has 2 aromatic rings. The van der Waals surface area contributed by atoms with E-state index >= 15 is 0 Å². The van der Waals surface area contributed by atoms with Gasteiger partial charge in [-0.3, -0.25) is 4.90 Å². The second kappa shape index (κ2) is 12.3. The minimum absolute atomic E-state index is 0.198. The normalized spacial score (nSPS) is 18.6. The highest BCUT2D eigenvalue weighted by molar-refractivity contribution is 5.58. The number of likely N-dealkylation sites (N-methyl/N-ethyl adjacent to an activating group) is 1. The summed E-state index contributed by atoms with van der Waals surface area (Å²) in [5.74, 6) is 1.78. The number of ether oxygens (including phenoxy) is 2. The van der Waals surface area contributed by atoms with E-state index in [9.17, 15) is 0 Å². The van der Waals surface area contributed by atoms with Crippen molar-refractivity contribution in [1.29, 1.82) is 0 Å². The zero-order valence-electron chi connectivity index (χ0n) is 20.9. The molecule has 3 heterocycles. The molecular weight excluding hydrogens is 426 g/mol. The SMILES string of the molecule is CCc1cnc(N2CCC(Oc3ccc(CN4CCN(C)CC4)cc3/C=C/COC)CC2)nc1. The molecule has 0 saturated carbocycles. The number of piperidine rings is 1. The third kappa shape index (κ3) is 6.78. The summed E-state index contributed by atoms with van der Waals surface area (Å²) < 4.78 is 11.7. The summed E-state index contributed by atoms with van der Waals surface area (Å²) in [6.45, 7) is 10.0. The summed E-state index contributed by atoms with van der Waals surface area (Å²) in [6.07, 6.45) is 11.1. The summed E-state index contributed by atoms with van der Waals surface area (Å²) in [6, 6.07) is 6.65. The van der Waals surface area contributed by atoms with Crippen molar-refractivity contribution in [3.8, 4) is 5.75 Å². The number of aryl methyl sites for hydroxylation is 1. The molecule has 7 heteroatoms. The van der Waals surface area contributed by atoms with Gasteiger partial charge in [-0.2, -0.15) is 0 Å². The van der Waals surface area contributed by atoms with Crippen LogP contribution in [0, 0.1) is 0 Å². The minimum atomic E-state index is 0.198. The third-order valence-corrected chi connectivity index (χ3v) is 6.75. The molecule has 4 rings (SSSR count). The predicted molar refractivity (Wildman–Crippen MR) is 137 cm³/mol. The van der Waals surface area contributed by atoms with Crippen LogP contribution >= 0.6 is 0 Å². The Labute approximate surface area is 204 Å². The molecule has 34 heavy (non-hydrogen) atoms. The Hall–Kier alpha value is -2.48. The maximum absolute atomic E-state index is 6.52. The highest BCUT2D eigenvalue weighted by atomic mass is 16.5. The molecule has 0 bridgehead atoms. The Morgan fingerprint density at radius 3 is 2.41 bits per heavy atom. The molecule has 0 aliphatic carbocycles. The van der Waals surface area contributed by atoms with E-state index in [0.717, 1.165) is 82.3 Å². The number of hydrogen-bond acceptors (Lipinski definition) is 7. The molecule has 2 saturated heterocycles. The molecule has 1 aromatic carbocycles. The fourth-order valence-electron chi connectivity index (χ4n) is 4.52. The predicted octanol–water partition coefficient (Wildman–Crippen LogP) is 3.49. The van der Waals surface area contributed by atoms with Crippen molar-refractivity contribution in [3.05, 3.63) is 53.4 Å². The molecule has 0 N–H and O–H groups in total. The molecule has 0 atom stereocenters. The Morgan fingerprint density at radius 1 is 1.00 bits per heavy atom. The van der Waals surface area contributed by atoms with Crippen LogP contribution in [0.15, 0.2) is 36.7 Å². The second-order valence-electron chi connectivity index (χ2n) is 9.36. The number of nitrogens with zero attached hydrogens (tertiary/aromatic N) is 5. The van der Waals surface area contributed by atoms with Gasteiger partial charge in [-0.05, 0) is 36.7 Å². The highest BCUT2D eigenvalue weighted by Crippen LogP contribution is 2.27. The van der Waals surface area contributed by atoms with E-state index in [2.05, 4.69) is 69.0 Å². The van der Waals surface area contributed by atoms with Gasteiger partial charge in [0, 0.05) is 83.7 Å². The molecule has 7 nitrogen and oxygen atoms in total. The minimum Gasteiger partial charge on any atom is -0.490 e. The number of benzene rings is 1. The van der Waals surface area contributed by atoms with Crippen LogP contribution in [0.3, 0.4) is 0 Å². The first-order valence-electron chi connectivity index (χ1n) is 12.6. The average Bonchev–Trinajstić information content (AvgIpc) is 2.87. The van der Waals surface area contributed by atoms with Crippen LogP contribution in [0.5, 0.6) is 5.75 Å². The Kier molecular flexibility index (Phi) is 8.91. The van der Waals surface area contributed by atoms with Gasteiger partial charge in [0.2, 0.25) is 5.95 Å². The lowest BCUT2D eigenvalue weighted by Crippen LogP contribution is -2.43.